The number of fused-ring (bicyclic) bond motifs is 1. The third kappa shape index (κ3) is 4.23. The smallest absolute Gasteiger partial charge is 0.317 e. The molecular formula is C28H30N4O2. The second kappa shape index (κ2) is 9.59. The molecule has 0 aliphatic carbocycles. The number of aromatic nitrogens is 2. The minimum Gasteiger partial charge on any atom is -0.496 e. The summed E-state index contributed by atoms with van der Waals surface area (Å²) < 4.78 is 7.80. The summed E-state index contributed by atoms with van der Waals surface area (Å²) in [7, 11) is 1.69. The third-order valence-corrected chi connectivity index (χ3v) is 6.72. The molecule has 174 valence electrons. The molecule has 6 nitrogen and oxygen atoms in total. The van der Waals surface area contributed by atoms with E-state index in [1.807, 2.05) is 72.5 Å². The van der Waals surface area contributed by atoms with E-state index in [0.29, 0.717) is 13.1 Å². The number of para-hydroxylation sites is 1. The van der Waals surface area contributed by atoms with Crippen molar-refractivity contribution in [1.29, 1.82) is 0 Å². The number of hydrogen-bond donors (Lipinski definition) is 1. The fraction of sp³-hybridized carbons (Fsp3) is 0.286. The number of imidazole rings is 1. The van der Waals surface area contributed by atoms with Crippen molar-refractivity contribution in [1.82, 2.24) is 19.6 Å². The molecule has 0 radical (unpaired) electrons. The summed E-state index contributed by atoms with van der Waals surface area (Å²) in [5.41, 5.74) is 4.11. The van der Waals surface area contributed by atoms with Crippen molar-refractivity contribution in [2.75, 3.05) is 20.2 Å². The van der Waals surface area contributed by atoms with Crippen LogP contribution in [0.4, 0.5) is 4.79 Å². The Bertz CT molecular complexity index is 1280. The predicted octanol–water partition coefficient (Wildman–Crippen LogP) is 5.66. The molecule has 2 aromatic heterocycles. The lowest BCUT2D eigenvalue weighted by atomic mass is 9.96. The average Bonchev–Trinajstić information content (AvgIpc) is 3.29. The van der Waals surface area contributed by atoms with Gasteiger partial charge >= 0.3 is 6.03 Å². The number of ether oxygens (including phenoxy) is 1. The Morgan fingerprint density at radius 1 is 1.00 bits per heavy atom. The van der Waals surface area contributed by atoms with Crippen LogP contribution in [-0.4, -0.2) is 40.5 Å². The second-order valence-corrected chi connectivity index (χ2v) is 8.82. The summed E-state index contributed by atoms with van der Waals surface area (Å²) in [5.74, 6) is 2.15. The number of methoxy groups -OCH3 is 1. The maximum Gasteiger partial charge on any atom is 0.317 e. The summed E-state index contributed by atoms with van der Waals surface area (Å²) in [6.07, 6.45) is 3.84. The number of rotatable bonds is 5. The summed E-state index contributed by atoms with van der Waals surface area (Å²) in [6.45, 7) is 3.45. The number of carbonyl (C=O) groups is 1. The SMILES string of the molecule is COc1ccccc1-c1nc(C2CCN(C(=O)NC(C)c3ccccc3)CC2)n2ccccc12. The second-order valence-electron chi connectivity index (χ2n) is 8.82. The lowest BCUT2D eigenvalue weighted by molar-refractivity contribution is 0.177. The van der Waals surface area contributed by atoms with Gasteiger partial charge in [-0.05, 0) is 49.6 Å². The van der Waals surface area contributed by atoms with Gasteiger partial charge in [0.05, 0.1) is 18.7 Å². The van der Waals surface area contributed by atoms with Crippen LogP contribution in [0.3, 0.4) is 0 Å². The van der Waals surface area contributed by atoms with Crippen LogP contribution in [0.25, 0.3) is 16.8 Å². The van der Waals surface area contributed by atoms with E-state index in [0.717, 1.165) is 46.8 Å². The third-order valence-electron chi connectivity index (χ3n) is 6.72. The van der Waals surface area contributed by atoms with Crippen molar-refractivity contribution < 1.29 is 9.53 Å². The molecule has 2 amide bonds. The Balaban J connectivity index is 1.33. The van der Waals surface area contributed by atoms with E-state index in [4.69, 9.17) is 9.72 Å². The molecule has 1 unspecified atom stereocenters. The van der Waals surface area contributed by atoms with Crippen LogP contribution in [0, 0.1) is 0 Å². The topological polar surface area (TPSA) is 58.9 Å². The van der Waals surface area contributed by atoms with Crippen molar-refractivity contribution in [2.45, 2.75) is 31.7 Å². The average molecular weight is 455 g/mol. The highest BCUT2D eigenvalue weighted by Gasteiger charge is 2.28. The molecule has 0 saturated carbocycles. The molecule has 0 bridgehead atoms. The summed E-state index contributed by atoms with van der Waals surface area (Å²) >= 11 is 0. The maximum atomic E-state index is 12.9. The Kier molecular flexibility index (Phi) is 6.21. The number of piperidine rings is 1. The first-order valence-electron chi connectivity index (χ1n) is 11.9. The van der Waals surface area contributed by atoms with Crippen LogP contribution in [0.15, 0.2) is 79.0 Å². The van der Waals surface area contributed by atoms with Gasteiger partial charge in [-0.15, -0.1) is 0 Å². The molecule has 1 saturated heterocycles. The van der Waals surface area contributed by atoms with E-state index < -0.39 is 0 Å². The molecule has 3 heterocycles. The van der Waals surface area contributed by atoms with Crippen LogP contribution >= 0.6 is 0 Å². The monoisotopic (exact) mass is 454 g/mol. The van der Waals surface area contributed by atoms with Crippen LogP contribution in [0.2, 0.25) is 0 Å². The van der Waals surface area contributed by atoms with Gasteiger partial charge in [-0.1, -0.05) is 48.5 Å². The molecule has 1 aliphatic heterocycles. The number of likely N-dealkylation sites (tertiary alicyclic amines) is 1. The lowest BCUT2D eigenvalue weighted by Gasteiger charge is -2.32. The standard InChI is InChI=1S/C28H30N4O2/c1-20(21-10-4-3-5-11-21)29-28(33)31-18-15-22(16-19-31)27-30-26(24-13-8-9-17-32(24)27)23-12-6-7-14-25(23)34-2/h3-14,17,20,22H,15-16,18-19H2,1-2H3,(H,29,33). The predicted molar refractivity (Wildman–Crippen MR) is 134 cm³/mol. The fourth-order valence-electron chi connectivity index (χ4n) is 4.83. The molecule has 6 heteroatoms. The zero-order valence-electron chi connectivity index (χ0n) is 19.6. The molecule has 1 aliphatic rings. The Morgan fingerprint density at radius 2 is 1.71 bits per heavy atom. The lowest BCUT2D eigenvalue weighted by Crippen LogP contribution is -2.45. The molecule has 1 atom stereocenters. The summed E-state index contributed by atoms with van der Waals surface area (Å²) in [5, 5.41) is 3.14. The van der Waals surface area contributed by atoms with Crippen molar-refractivity contribution in [3.63, 3.8) is 0 Å². The molecule has 2 aromatic carbocycles. The minimum absolute atomic E-state index is 0.00232. The van der Waals surface area contributed by atoms with E-state index >= 15 is 0 Å². The molecular weight excluding hydrogens is 424 g/mol. The Labute approximate surface area is 200 Å². The van der Waals surface area contributed by atoms with Crippen molar-refractivity contribution >= 4 is 11.5 Å². The highest BCUT2D eigenvalue weighted by atomic mass is 16.5. The zero-order valence-corrected chi connectivity index (χ0v) is 19.6. The van der Waals surface area contributed by atoms with E-state index in [2.05, 4.69) is 28.0 Å². The van der Waals surface area contributed by atoms with Crippen LogP contribution < -0.4 is 10.1 Å². The molecule has 1 N–H and O–H groups in total. The number of amides is 2. The van der Waals surface area contributed by atoms with Crippen LogP contribution in [-0.2, 0) is 0 Å². The number of nitrogens with one attached hydrogen (secondary N) is 1. The van der Waals surface area contributed by atoms with Gasteiger partial charge in [0.1, 0.15) is 17.3 Å². The number of nitrogens with zero attached hydrogens (tertiary/aromatic N) is 3. The Morgan fingerprint density at radius 3 is 2.47 bits per heavy atom. The first-order valence-corrected chi connectivity index (χ1v) is 11.9. The normalized spacial score (nSPS) is 15.3. The van der Waals surface area contributed by atoms with Gasteiger partial charge in [-0.2, -0.15) is 0 Å². The van der Waals surface area contributed by atoms with Crippen LogP contribution in [0.1, 0.15) is 43.1 Å². The number of urea groups is 1. The van der Waals surface area contributed by atoms with Gasteiger partial charge in [0.2, 0.25) is 0 Å². The zero-order chi connectivity index (χ0) is 23.5. The quantitative estimate of drug-likeness (QED) is 0.423. The minimum atomic E-state index is -0.0222. The molecule has 5 rings (SSSR count). The number of benzene rings is 2. The molecule has 0 spiro atoms. The first-order chi connectivity index (χ1) is 16.7. The van der Waals surface area contributed by atoms with E-state index in [1.165, 1.54) is 0 Å². The first kappa shape index (κ1) is 22.0. The van der Waals surface area contributed by atoms with Crippen LogP contribution in [0.5, 0.6) is 5.75 Å². The molecule has 34 heavy (non-hydrogen) atoms. The van der Waals surface area contributed by atoms with E-state index in [1.54, 1.807) is 7.11 Å². The van der Waals surface area contributed by atoms with Gasteiger partial charge in [0.25, 0.3) is 0 Å². The van der Waals surface area contributed by atoms with Gasteiger partial charge in [-0.3, -0.25) is 0 Å². The number of carbonyl (C=O) groups excluding carboxylic acids is 1. The summed E-state index contributed by atoms with van der Waals surface area (Å²) in [4.78, 5) is 19.9. The maximum absolute atomic E-state index is 12.9. The van der Waals surface area contributed by atoms with Gasteiger partial charge in [-0.25, -0.2) is 9.78 Å². The van der Waals surface area contributed by atoms with Crippen molar-refractivity contribution in [3.05, 3.63) is 90.4 Å². The molecule has 4 aromatic rings. The van der Waals surface area contributed by atoms with E-state index in [9.17, 15) is 4.79 Å². The number of pyridine rings is 1. The van der Waals surface area contributed by atoms with Gasteiger partial charge in [0.15, 0.2) is 0 Å². The van der Waals surface area contributed by atoms with Crippen molar-refractivity contribution in [2.24, 2.45) is 0 Å². The van der Waals surface area contributed by atoms with E-state index in [-0.39, 0.29) is 18.0 Å². The fourth-order valence-corrected chi connectivity index (χ4v) is 4.83. The highest BCUT2D eigenvalue weighted by Crippen LogP contribution is 2.36. The largest absolute Gasteiger partial charge is 0.496 e. The van der Waals surface area contributed by atoms with Gasteiger partial charge in [0, 0.05) is 30.8 Å². The highest BCUT2D eigenvalue weighted by molar-refractivity contribution is 5.81. The Hall–Kier alpha value is -3.80. The summed E-state index contributed by atoms with van der Waals surface area (Å²) in [6, 6.07) is 24.2. The van der Waals surface area contributed by atoms with Gasteiger partial charge < -0.3 is 19.4 Å². The number of hydrogen-bond acceptors (Lipinski definition) is 3. The molecule has 1 fully saturated rings. The van der Waals surface area contributed by atoms with Crippen molar-refractivity contribution in [3.8, 4) is 17.0 Å².